The summed E-state index contributed by atoms with van der Waals surface area (Å²) in [5.41, 5.74) is 0. The van der Waals surface area contributed by atoms with Crippen LogP contribution in [-0.2, 0) is 23.8 Å². The molecule has 1 heterocycles. The van der Waals surface area contributed by atoms with Crippen LogP contribution in [0, 0.1) is 0 Å². The van der Waals surface area contributed by atoms with Gasteiger partial charge in [0.25, 0.3) is 0 Å². The predicted molar refractivity (Wildman–Crippen MR) is 64.3 cm³/mol. The van der Waals surface area contributed by atoms with Gasteiger partial charge in [-0.05, 0) is 18.6 Å². The van der Waals surface area contributed by atoms with E-state index in [-0.39, 0.29) is 0 Å². The van der Waals surface area contributed by atoms with E-state index in [9.17, 15) is 4.21 Å². The average Bonchev–Trinajstić information content (AvgIpc) is 2.60. The van der Waals surface area contributed by atoms with Gasteiger partial charge in [0.2, 0.25) is 0 Å². The van der Waals surface area contributed by atoms with Crippen molar-refractivity contribution in [1.82, 2.24) is 5.32 Å². The topological polar surface area (TPSA) is 29.1 Å². The van der Waals surface area contributed by atoms with Crippen LogP contribution in [-0.4, -0.2) is 22.8 Å². The first-order chi connectivity index (χ1) is 6.72. The van der Waals surface area contributed by atoms with E-state index in [4.69, 9.17) is 0 Å². The number of hydrogen-bond acceptors (Lipinski definition) is 3. The molecule has 0 saturated heterocycles. The van der Waals surface area contributed by atoms with Crippen molar-refractivity contribution in [3.63, 3.8) is 0 Å². The van der Waals surface area contributed by atoms with Gasteiger partial charge in [0.15, 0.2) is 0 Å². The van der Waals surface area contributed by atoms with Crippen LogP contribution in [0.25, 0.3) is 0 Å². The van der Waals surface area contributed by atoms with Crippen LogP contribution in [0.4, 0.5) is 0 Å². The van der Waals surface area contributed by atoms with Crippen molar-refractivity contribution in [2.24, 2.45) is 0 Å². The summed E-state index contributed by atoms with van der Waals surface area (Å²) in [6, 6.07) is 4.35. The van der Waals surface area contributed by atoms with E-state index < -0.39 is 10.8 Å². The summed E-state index contributed by atoms with van der Waals surface area (Å²) >= 11 is 1.85. The van der Waals surface area contributed by atoms with E-state index in [2.05, 4.69) is 24.4 Å². The van der Waals surface area contributed by atoms with E-state index >= 15 is 0 Å². The van der Waals surface area contributed by atoms with Crippen molar-refractivity contribution in [1.29, 1.82) is 0 Å². The molecule has 4 heteroatoms. The van der Waals surface area contributed by atoms with Crippen molar-refractivity contribution in [2.45, 2.75) is 19.9 Å². The van der Waals surface area contributed by atoms with E-state index in [0.29, 0.717) is 0 Å². The number of thiophene rings is 1. The lowest BCUT2D eigenvalue weighted by molar-refractivity contribution is 0.678. The quantitative estimate of drug-likeness (QED) is 0.756. The highest BCUT2D eigenvalue weighted by molar-refractivity contribution is 7.84. The smallest absolute Gasteiger partial charge is 0.0357 e. The van der Waals surface area contributed by atoms with Crippen molar-refractivity contribution in [3.8, 4) is 0 Å². The fraction of sp³-hybridized carbons (Fsp3) is 0.600. The molecule has 0 amide bonds. The van der Waals surface area contributed by atoms with Crippen molar-refractivity contribution in [3.05, 3.63) is 21.9 Å². The molecule has 14 heavy (non-hydrogen) atoms. The minimum atomic E-state index is -0.679. The zero-order chi connectivity index (χ0) is 10.4. The summed E-state index contributed by atoms with van der Waals surface area (Å²) in [6.45, 7) is 3.91. The van der Waals surface area contributed by atoms with Crippen LogP contribution in [0.1, 0.15) is 16.7 Å². The Morgan fingerprint density at radius 2 is 2.14 bits per heavy atom. The van der Waals surface area contributed by atoms with Crippen molar-refractivity contribution < 1.29 is 4.21 Å². The Bertz CT molecular complexity index is 296. The summed E-state index contributed by atoms with van der Waals surface area (Å²) < 4.78 is 10.8. The lowest BCUT2D eigenvalue weighted by Gasteiger charge is -2.00. The number of hydrogen-bond donors (Lipinski definition) is 1. The van der Waals surface area contributed by atoms with Gasteiger partial charge in [0.05, 0.1) is 0 Å². The number of aryl methyl sites for hydroxylation is 1. The zero-order valence-corrected chi connectivity index (χ0v) is 10.3. The second-order valence-corrected chi connectivity index (χ2v) is 5.98. The third-order valence-corrected chi connectivity index (χ3v) is 3.94. The number of nitrogens with one attached hydrogen (secondary N) is 1. The van der Waals surface area contributed by atoms with Gasteiger partial charge in [-0.15, -0.1) is 11.3 Å². The van der Waals surface area contributed by atoms with Gasteiger partial charge in [-0.25, -0.2) is 0 Å². The second-order valence-electron chi connectivity index (χ2n) is 3.18. The lowest BCUT2D eigenvalue weighted by atomic mass is 10.3. The average molecular weight is 231 g/mol. The maximum Gasteiger partial charge on any atom is 0.0357 e. The lowest BCUT2D eigenvalue weighted by Crippen LogP contribution is -2.18. The molecular weight excluding hydrogens is 214 g/mol. The predicted octanol–water partition coefficient (Wildman–Crippen LogP) is 1.78. The van der Waals surface area contributed by atoms with Gasteiger partial charge in [-0.3, -0.25) is 4.21 Å². The Hall–Kier alpha value is -0.190. The molecule has 0 spiro atoms. The SMILES string of the molecule is CCc1ccc(CNCCS(C)=O)s1. The minimum Gasteiger partial charge on any atom is -0.311 e. The van der Waals surface area contributed by atoms with Crippen LogP contribution in [0.2, 0.25) is 0 Å². The third-order valence-electron chi connectivity index (χ3n) is 1.93. The highest BCUT2D eigenvalue weighted by atomic mass is 32.2. The molecule has 0 bridgehead atoms. The highest BCUT2D eigenvalue weighted by Gasteiger charge is 1.98. The highest BCUT2D eigenvalue weighted by Crippen LogP contribution is 2.16. The van der Waals surface area contributed by atoms with E-state index in [0.717, 1.165) is 25.3 Å². The molecule has 1 aromatic heterocycles. The van der Waals surface area contributed by atoms with Gasteiger partial charge in [0, 0.05) is 45.7 Å². The van der Waals surface area contributed by atoms with E-state index in [1.807, 2.05) is 11.3 Å². The first kappa shape index (κ1) is 11.9. The maximum atomic E-state index is 10.8. The van der Waals surface area contributed by atoms with Gasteiger partial charge in [0.1, 0.15) is 0 Å². The van der Waals surface area contributed by atoms with Crippen LogP contribution in [0.5, 0.6) is 0 Å². The van der Waals surface area contributed by atoms with E-state index in [1.54, 1.807) is 6.26 Å². The molecule has 1 N–H and O–H groups in total. The van der Waals surface area contributed by atoms with Crippen LogP contribution < -0.4 is 5.32 Å². The minimum absolute atomic E-state index is 0.679. The molecule has 0 aliphatic rings. The Balaban J connectivity index is 2.21. The van der Waals surface area contributed by atoms with Gasteiger partial charge in [-0.1, -0.05) is 6.92 Å². The Labute approximate surface area is 92.2 Å². The molecule has 1 aromatic rings. The summed E-state index contributed by atoms with van der Waals surface area (Å²) in [5.74, 6) is 0.742. The molecule has 0 aliphatic heterocycles. The molecule has 2 nitrogen and oxygen atoms in total. The molecular formula is C10H17NOS2. The fourth-order valence-electron chi connectivity index (χ4n) is 1.13. The second kappa shape index (κ2) is 6.32. The Morgan fingerprint density at radius 1 is 1.43 bits per heavy atom. The molecule has 80 valence electrons. The fourth-order valence-corrected chi connectivity index (χ4v) is 2.49. The first-order valence-electron chi connectivity index (χ1n) is 4.80. The normalized spacial score (nSPS) is 13.0. The molecule has 0 saturated carbocycles. The van der Waals surface area contributed by atoms with Crippen molar-refractivity contribution in [2.75, 3.05) is 18.6 Å². The summed E-state index contributed by atoms with van der Waals surface area (Å²) in [4.78, 5) is 2.80. The molecule has 0 fully saturated rings. The molecule has 0 aromatic carbocycles. The van der Waals surface area contributed by atoms with Crippen LogP contribution >= 0.6 is 11.3 Å². The molecule has 1 unspecified atom stereocenters. The Morgan fingerprint density at radius 3 is 2.71 bits per heavy atom. The Kier molecular flexibility index (Phi) is 5.37. The standard InChI is InChI=1S/C10H17NOS2/c1-3-9-4-5-10(13-9)8-11-6-7-14(2)12/h4-5,11H,3,6-8H2,1-2H3. The van der Waals surface area contributed by atoms with Crippen LogP contribution in [0.15, 0.2) is 12.1 Å². The summed E-state index contributed by atoms with van der Waals surface area (Å²) in [6.07, 6.45) is 2.85. The van der Waals surface area contributed by atoms with Gasteiger partial charge < -0.3 is 5.32 Å². The molecule has 1 atom stereocenters. The number of rotatable bonds is 6. The van der Waals surface area contributed by atoms with E-state index in [1.165, 1.54) is 9.75 Å². The third kappa shape index (κ3) is 4.35. The van der Waals surface area contributed by atoms with Crippen molar-refractivity contribution >= 4 is 22.1 Å². The monoisotopic (exact) mass is 231 g/mol. The molecule has 0 aliphatic carbocycles. The maximum absolute atomic E-state index is 10.8. The summed E-state index contributed by atoms with van der Waals surface area (Å²) in [5, 5.41) is 3.29. The van der Waals surface area contributed by atoms with Gasteiger partial charge in [-0.2, -0.15) is 0 Å². The largest absolute Gasteiger partial charge is 0.311 e. The first-order valence-corrected chi connectivity index (χ1v) is 7.35. The molecule has 0 radical (unpaired) electrons. The zero-order valence-electron chi connectivity index (χ0n) is 8.71. The van der Waals surface area contributed by atoms with Gasteiger partial charge >= 0.3 is 0 Å². The van der Waals surface area contributed by atoms with Crippen LogP contribution in [0.3, 0.4) is 0 Å². The summed E-state index contributed by atoms with van der Waals surface area (Å²) in [7, 11) is -0.679. The molecule has 1 rings (SSSR count).